The van der Waals surface area contributed by atoms with Crippen LogP contribution in [0.5, 0.6) is 0 Å². The molecule has 54 heavy (non-hydrogen) atoms. The second-order valence-corrected chi connectivity index (χ2v) is 14.1. The van der Waals surface area contributed by atoms with Crippen LogP contribution in [0, 0.1) is 0 Å². The van der Waals surface area contributed by atoms with Crippen LogP contribution in [-0.2, 0) is 5.41 Å². The molecule has 0 N–H and O–H groups in total. The number of hydrogen-bond donors (Lipinski definition) is 0. The molecule has 9 aromatic carbocycles. The van der Waals surface area contributed by atoms with E-state index in [1.165, 1.54) is 66.4 Å². The number of fused-ring (bicyclic) bond motifs is 4. The fourth-order valence-electron chi connectivity index (χ4n) is 8.74. The molecule has 0 spiro atoms. The first-order valence-corrected chi connectivity index (χ1v) is 18.7. The normalized spacial score (nSPS) is 12.6. The monoisotopic (exact) mass is 687 g/mol. The van der Waals surface area contributed by atoms with Crippen molar-refractivity contribution >= 4 is 27.8 Å². The topological polar surface area (TPSA) is 3.24 Å². The molecule has 0 aliphatic heterocycles. The second kappa shape index (κ2) is 13.2. The number of anilines is 3. The van der Waals surface area contributed by atoms with Crippen molar-refractivity contribution < 1.29 is 0 Å². The van der Waals surface area contributed by atoms with Gasteiger partial charge in [0.15, 0.2) is 0 Å². The van der Waals surface area contributed by atoms with E-state index in [2.05, 4.69) is 229 Å². The lowest BCUT2D eigenvalue weighted by Crippen LogP contribution is -2.28. The molecule has 0 atom stereocenters. The summed E-state index contributed by atoms with van der Waals surface area (Å²) in [6, 6.07) is 81.9. The molecular weight excluding hydrogens is 651 g/mol. The SMILES string of the molecule is c1ccc(N(c2ccc(-c3cccc4c3-c3ccccc3C4(c3ccccc3)c3ccccc3)cc2)c2cccc(-c3ccc4ccccc4c3)c2)cc1. The molecule has 0 heterocycles. The predicted octanol–water partition coefficient (Wildman–Crippen LogP) is 14.0. The van der Waals surface area contributed by atoms with E-state index in [1.54, 1.807) is 0 Å². The van der Waals surface area contributed by atoms with Gasteiger partial charge in [0.1, 0.15) is 0 Å². The third kappa shape index (κ3) is 5.17. The average molecular weight is 688 g/mol. The quantitative estimate of drug-likeness (QED) is 0.161. The van der Waals surface area contributed by atoms with Gasteiger partial charge in [0.25, 0.3) is 0 Å². The Labute approximate surface area is 317 Å². The van der Waals surface area contributed by atoms with E-state index in [1.807, 2.05) is 0 Å². The number of benzene rings is 9. The highest BCUT2D eigenvalue weighted by molar-refractivity contribution is 5.96. The molecule has 10 rings (SSSR count). The highest BCUT2D eigenvalue weighted by Gasteiger charge is 2.46. The maximum absolute atomic E-state index is 2.36. The molecule has 9 aromatic rings. The van der Waals surface area contributed by atoms with Crippen molar-refractivity contribution in [3.05, 3.63) is 247 Å². The Kier molecular flexibility index (Phi) is 7.78. The zero-order valence-corrected chi connectivity index (χ0v) is 29.8. The van der Waals surface area contributed by atoms with Gasteiger partial charge in [0.2, 0.25) is 0 Å². The fraction of sp³-hybridized carbons (Fsp3) is 0.0189. The largest absolute Gasteiger partial charge is 0.310 e. The van der Waals surface area contributed by atoms with Gasteiger partial charge in [-0.25, -0.2) is 0 Å². The minimum atomic E-state index is -0.426. The van der Waals surface area contributed by atoms with E-state index >= 15 is 0 Å². The van der Waals surface area contributed by atoms with Crippen molar-refractivity contribution in [2.75, 3.05) is 4.90 Å². The molecule has 0 amide bonds. The number of para-hydroxylation sites is 1. The Balaban J connectivity index is 1.10. The summed E-state index contributed by atoms with van der Waals surface area (Å²) in [6.07, 6.45) is 0. The maximum atomic E-state index is 2.36. The Morgan fingerprint density at radius 3 is 1.56 bits per heavy atom. The van der Waals surface area contributed by atoms with Gasteiger partial charge in [-0.2, -0.15) is 0 Å². The first-order valence-electron chi connectivity index (χ1n) is 18.7. The van der Waals surface area contributed by atoms with E-state index in [0.717, 1.165) is 17.1 Å². The fourth-order valence-corrected chi connectivity index (χ4v) is 8.74. The number of hydrogen-bond acceptors (Lipinski definition) is 1. The van der Waals surface area contributed by atoms with E-state index in [4.69, 9.17) is 0 Å². The minimum Gasteiger partial charge on any atom is -0.310 e. The molecule has 0 saturated carbocycles. The maximum Gasteiger partial charge on any atom is 0.0713 e. The molecule has 1 nitrogen and oxygen atoms in total. The van der Waals surface area contributed by atoms with Crippen LogP contribution in [0.2, 0.25) is 0 Å². The molecular formula is C53H37N. The minimum absolute atomic E-state index is 0.426. The molecule has 0 fully saturated rings. The molecule has 1 aliphatic carbocycles. The van der Waals surface area contributed by atoms with Crippen LogP contribution >= 0.6 is 0 Å². The summed E-state index contributed by atoms with van der Waals surface area (Å²) in [5.41, 5.74) is 15.5. The Morgan fingerprint density at radius 1 is 0.296 bits per heavy atom. The molecule has 0 unspecified atom stereocenters. The van der Waals surface area contributed by atoms with Crippen LogP contribution in [0.15, 0.2) is 224 Å². The van der Waals surface area contributed by atoms with Crippen molar-refractivity contribution in [1.29, 1.82) is 0 Å². The van der Waals surface area contributed by atoms with E-state index < -0.39 is 5.41 Å². The van der Waals surface area contributed by atoms with Gasteiger partial charge in [-0.05, 0) is 109 Å². The number of nitrogens with zero attached hydrogens (tertiary/aromatic N) is 1. The van der Waals surface area contributed by atoms with E-state index in [9.17, 15) is 0 Å². The Hall–Kier alpha value is -6.96. The zero-order valence-electron chi connectivity index (χ0n) is 29.8. The first kappa shape index (κ1) is 31.7. The molecule has 0 aromatic heterocycles. The van der Waals surface area contributed by atoms with Crippen LogP contribution in [0.4, 0.5) is 17.1 Å². The van der Waals surface area contributed by atoms with Gasteiger partial charge in [-0.1, -0.05) is 182 Å². The lowest BCUT2D eigenvalue weighted by Gasteiger charge is -2.34. The van der Waals surface area contributed by atoms with Crippen LogP contribution in [0.3, 0.4) is 0 Å². The molecule has 254 valence electrons. The highest BCUT2D eigenvalue weighted by atomic mass is 15.1. The van der Waals surface area contributed by atoms with Gasteiger partial charge in [0, 0.05) is 17.1 Å². The van der Waals surface area contributed by atoms with E-state index in [-0.39, 0.29) is 0 Å². The lowest BCUT2D eigenvalue weighted by molar-refractivity contribution is 0.768. The van der Waals surface area contributed by atoms with Crippen LogP contribution in [-0.4, -0.2) is 0 Å². The summed E-state index contributed by atoms with van der Waals surface area (Å²) in [4.78, 5) is 2.36. The lowest BCUT2D eigenvalue weighted by atomic mass is 9.67. The molecule has 1 heteroatoms. The van der Waals surface area contributed by atoms with Gasteiger partial charge in [0.05, 0.1) is 5.41 Å². The van der Waals surface area contributed by atoms with Crippen LogP contribution in [0.1, 0.15) is 22.3 Å². The van der Waals surface area contributed by atoms with Gasteiger partial charge < -0.3 is 4.90 Å². The van der Waals surface area contributed by atoms with Crippen molar-refractivity contribution in [3.8, 4) is 33.4 Å². The summed E-state index contributed by atoms with van der Waals surface area (Å²) in [7, 11) is 0. The van der Waals surface area contributed by atoms with Crippen molar-refractivity contribution in [1.82, 2.24) is 0 Å². The summed E-state index contributed by atoms with van der Waals surface area (Å²) >= 11 is 0. The molecule has 0 radical (unpaired) electrons. The van der Waals surface area contributed by atoms with E-state index in [0.29, 0.717) is 0 Å². The van der Waals surface area contributed by atoms with Crippen LogP contribution < -0.4 is 4.90 Å². The predicted molar refractivity (Wildman–Crippen MR) is 227 cm³/mol. The summed E-state index contributed by atoms with van der Waals surface area (Å²) in [6.45, 7) is 0. The Morgan fingerprint density at radius 2 is 0.815 bits per heavy atom. The van der Waals surface area contributed by atoms with Gasteiger partial charge in [-0.3, -0.25) is 0 Å². The number of rotatable bonds is 7. The highest BCUT2D eigenvalue weighted by Crippen LogP contribution is 2.58. The molecule has 0 bridgehead atoms. The van der Waals surface area contributed by atoms with Crippen molar-refractivity contribution in [3.63, 3.8) is 0 Å². The standard InChI is InChI=1S/C53H37N/c1-4-19-43(20-5-1)53(44-21-6-2-7-22-44)50-28-13-12-26-49(50)52-48(27-15-29-51(52)53)39-32-34-46(35-33-39)54(45-23-8-3-9-24-45)47-25-14-18-41(37-47)42-31-30-38-16-10-11-17-40(38)36-42/h1-37H. The van der Waals surface area contributed by atoms with Crippen LogP contribution in [0.25, 0.3) is 44.2 Å². The van der Waals surface area contributed by atoms with Gasteiger partial charge >= 0.3 is 0 Å². The molecule has 1 aliphatic rings. The summed E-state index contributed by atoms with van der Waals surface area (Å²) in [5, 5.41) is 2.50. The zero-order chi connectivity index (χ0) is 35.9. The third-order valence-corrected chi connectivity index (χ3v) is 11.1. The first-order chi connectivity index (χ1) is 26.8. The summed E-state index contributed by atoms with van der Waals surface area (Å²) in [5.74, 6) is 0. The molecule has 0 saturated heterocycles. The van der Waals surface area contributed by atoms with Gasteiger partial charge in [-0.15, -0.1) is 0 Å². The third-order valence-electron chi connectivity index (χ3n) is 11.1. The van der Waals surface area contributed by atoms with Crippen molar-refractivity contribution in [2.45, 2.75) is 5.41 Å². The Bertz CT molecular complexity index is 2710. The average Bonchev–Trinajstić information content (AvgIpc) is 3.56. The second-order valence-electron chi connectivity index (χ2n) is 14.1. The summed E-state index contributed by atoms with van der Waals surface area (Å²) < 4.78 is 0. The smallest absolute Gasteiger partial charge is 0.0713 e. The van der Waals surface area contributed by atoms with Crippen molar-refractivity contribution in [2.24, 2.45) is 0 Å².